The van der Waals surface area contributed by atoms with E-state index in [0.717, 1.165) is 5.69 Å². The molecule has 2 amide bonds. The minimum absolute atomic E-state index is 0.0355. The first-order chi connectivity index (χ1) is 16.8. The van der Waals surface area contributed by atoms with Crippen LogP contribution in [0.25, 0.3) is 0 Å². The smallest absolute Gasteiger partial charge is 0.415 e. The summed E-state index contributed by atoms with van der Waals surface area (Å²) in [6, 6.07) is 6.42. The molecule has 0 saturated heterocycles. The van der Waals surface area contributed by atoms with Crippen LogP contribution in [0.2, 0.25) is 0 Å². The number of benzene rings is 1. The van der Waals surface area contributed by atoms with Gasteiger partial charge in [0.2, 0.25) is 5.91 Å². The lowest BCUT2D eigenvalue weighted by atomic mass is 10.0. The quantitative estimate of drug-likeness (QED) is 0.654. The average Bonchev–Trinajstić information content (AvgIpc) is 3.31. The fourth-order valence-electron chi connectivity index (χ4n) is 3.91. The summed E-state index contributed by atoms with van der Waals surface area (Å²) in [7, 11) is 3.21. The van der Waals surface area contributed by atoms with Crippen molar-refractivity contribution in [3.63, 3.8) is 0 Å². The number of rotatable bonds is 6. The van der Waals surface area contributed by atoms with Gasteiger partial charge in [-0.1, -0.05) is 12.1 Å². The largest absolute Gasteiger partial charge is 0.497 e. The number of ether oxygens (including phenoxy) is 3. The van der Waals surface area contributed by atoms with Crippen LogP contribution in [0.15, 0.2) is 30.5 Å². The van der Waals surface area contributed by atoms with Crippen LogP contribution >= 0.6 is 0 Å². The molecule has 2 aromatic rings. The minimum Gasteiger partial charge on any atom is -0.497 e. The lowest BCUT2D eigenvalue weighted by molar-refractivity contribution is -0.136. The van der Waals surface area contributed by atoms with Crippen LogP contribution in [0, 0.1) is 5.92 Å². The Bertz CT molecular complexity index is 966. The summed E-state index contributed by atoms with van der Waals surface area (Å²) in [4.78, 5) is 28.8. The van der Waals surface area contributed by atoms with Gasteiger partial charge in [0.1, 0.15) is 11.5 Å². The Hall–Kier alpha value is -3.18. The second-order valence-corrected chi connectivity index (χ2v) is 8.88. The maximum Gasteiger partial charge on any atom is 0.415 e. The molecule has 3 rings (SSSR count). The maximum absolute atomic E-state index is 12.9. The van der Waals surface area contributed by atoms with Crippen LogP contribution in [0.1, 0.15) is 32.4 Å². The SMILES string of the molecule is COc1ccc(OC(=O)N(C)C[C@H]2OCc3cnnn3CCCC(=O)N([C@@H](C)CO)C[C@@H]2C)cc1. The highest BCUT2D eigenvalue weighted by atomic mass is 16.6. The van der Waals surface area contributed by atoms with E-state index in [9.17, 15) is 14.7 Å². The van der Waals surface area contributed by atoms with Crippen molar-refractivity contribution in [2.24, 2.45) is 5.92 Å². The molecule has 11 heteroatoms. The van der Waals surface area contributed by atoms with Gasteiger partial charge in [-0.2, -0.15) is 0 Å². The van der Waals surface area contributed by atoms with E-state index in [1.165, 1.54) is 4.90 Å². The molecule has 1 aromatic heterocycles. The van der Waals surface area contributed by atoms with E-state index >= 15 is 0 Å². The van der Waals surface area contributed by atoms with E-state index in [4.69, 9.17) is 14.2 Å². The highest BCUT2D eigenvalue weighted by Gasteiger charge is 2.29. The van der Waals surface area contributed by atoms with Crippen LogP contribution in [-0.4, -0.2) is 87.9 Å². The molecule has 35 heavy (non-hydrogen) atoms. The number of carbonyl (C=O) groups excluding carboxylic acids is 2. The number of methoxy groups -OCH3 is 1. The summed E-state index contributed by atoms with van der Waals surface area (Å²) < 4.78 is 18.6. The van der Waals surface area contributed by atoms with Gasteiger partial charge in [0.25, 0.3) is 0 Å². The summed E-state index contributed by atoms with van der Waals surface area (Å²) in [5, 5.41) is 17.8. The molecule has 0 radical (unpaired) electrons. The van der Waals surface area contributed by atoms with Gasteiger partial charge >= 0.3 is 6.09 Å². The normalized spacial score (nSPS) is 20.3. The molecular weight excluding hydrogens is 454 g/mol. The molecule has 0 fully saturated rings. The number of fused-ring (bicyclic) bond motifs is 1. The van der Waals surface area contributed by atoms with Crippen molar-refractivity contribution in [1.29, 1.82) is 0 Å². The van der Waals surface area contributed by atoms with Gasteiger partial charge in [-0.3, -0.25) is 4.79 Å². The van der Waals surface area contributed by atoms with Crippen LogP contribution < -0.4 is 9.47 Å². The third kappa shape index (κ3) is 7.15. The van der Waals surface area contributed by atoms with Crippen molar-refractivity contribution in [2.75, 3.05) is 33.9 Å². The Kier molecular flexibility index (Phi) is 9.44. The standard InChI is InChI=1S/C24H35N5O6/c1-17-13-28(18(2)15-30)23(31)6-5-11-29-19(12-25-26-29)16-34-22(17)14-27(3)24(32)35-21-9-7-20(33-4)8-10-21/h7-10,12,17-18,22,30H,5-6,11,13-16H2,1-4H3/t17-,18-,22+/m0/s1. The molecule has 11 nitrogen and oxygen atoms in total. The van der Waals surface area contributed by atoms with Gasteiger partial charge < -0.3 is 29.1 Å². The topological polar surface area (TPSA) is 119 Å². The van der Waals surface area contributed by atoms with E-state index in [0.29, 0.717) is 37.4 Å². The van der Waals surface area contributed by atoms with Crippen LogP contribution in [0.4, 0.5) is 4.79 Å². The van der Waals surface area contributed by atoms with E-state index in [-0.39, 0.29) is 37.6 Å². The lowest BCUT2D eigenvalue weighted by Crippen LogP contribution is -2.48. The van der Waals surface area contributed by atoms with Crippen molar-refractivity contribution < 1.29 is 28.9 Å². The zero-order valence-electron chi connectivity index (χ0n) is 20.8. The number of aliphatic hydroxyl groups excluding tert-OH is 1. The second-order valence-electron chi connectivity index (χ2n) is 8.88. The molecule has 0 spiro atoms. The highest BCUT2D eigenvalue weighted by Crippen LogP contribution is 2.20. The van der Waals surface area contributed by atoms with E-state index in [1.54, 1.807) is 54.2 Å². The molecule has 1 aliphatic rings. The molecule has 1 N–H and O–H groups in total. The monoisotopic (exact) mass is 489 g/mol. The average molecular weight is 490 g/mol. The fraction of sp³-hybridized carbons (Fsp3) is 0.583. The molecule has 192 valence electrons. The van der Waals surface area contributed by atoms with Gasteiger partial charge in [-0.05, 0) is 37.6 Å². The Morgan fingerprint density at radius 2 is 2.03 bits per heavy atom. The predicted octanol–water partition coefficient (Wildman–Crippen LogP) is 1.94. The minimum atomic E-state index is -0.527. The Balaban J connectivity index is 1.74. The molecule has 1 aromatic carbocycles. The van der Waals surface area contributed by atoms with Gasteiger partial charge in [0, 0.05) is 32.5 Å². The van der Waals surface area contributed by atoms with Crippen molar-refractivity contribution in [3.05, 3.63) is 36.2 Å². The number of hydrogen-bond donors (Lipinski definition) is 1. The van der Waals surface area contributed by atoms with Crippen molar-refractivity contribution in [3.8, 4) is 11.5 Å². The van der Waals surface area contributed by atoms with Gasteiger partial charge in [0.15, 0.2) is 0 Å². The molecule has 3 atom stereocenters. The van der Waals surface area contributed by atoms with Crippen LogP contribution in [0.3, 0.4) is 0 Å². The summed E-state index contributed by atoms with van der Waals surface area (Å²) in [5.74, 6) is 0.900. The van der Waals surface area contributed by atoms with Crippen LogP contribution in [0.5, 0.6) is 11.5 Å². The van der Waals surface area contributed by atoms with E-state index < -0.39 is 12.2 Å². The van der Waals surface area contributed by atoms with Crippen molar-refractivity contribution in [2.45, 2.75) is 52.0 Å². The van der Waals surface area contributed by atoms with Gasteiger partial charge in [-0.25, -0.2) is 9.48 Å². The first-order valence-electron chi connectivity index (χ1n) is 11.8. The molecule has 0 bridgehead atoms. The van der Waals surface area contributed by atoms with Gasteiger partial charge in [0.05, 0.1) is 50.9 Å². The summed E-state index contributed by atoms with van der Waals surface area (Å²) in [5.41, 5.74) is 0.805. The highest BCUT2D eigenvalue weighted by molar-refractivity contribution is 5.76. The first kappa shape index (κ1) is 26.4. The summed E-state index contributed by atoms with van der Waals surface area (Å²) in [6.45, 7) is 5.11. The summed E-state index contributed by atoms with van der Waals surface area (Å²) in [6.07, 6.45) is 1.67. The molecular formula is C24H35N5O6. The number of likely N-dealkylation sites (N-methyl/N-ethyl adjacent to an activating group) is 1. The number of aliphatic hydroxyl groups is 1. The number of nitrogens with zero attached hydrogens (tertiary/aromatic N) is 5. The third-order valence-electron chi connectivity index (χ3n) is 6.17. The Morgan fingerprint density at radius 1 is 1.31 bits per heavy atom. The molecule has 0 unspecified atom stereocenters. The lowest BCUT2D eigenvalue weighted by Gasteiger charge is -2.35. The molecule has 1 aliphatic heterocycles. The maximum atomic E-state index is 12.9. The van der Waals surface area contributed by atoms with E-state index in [2.05, 4.69) is 10.3 Å². The third-order valence-corrected chi connectivity index (χ3v) is 6.17. The number of aromatic nitrogens is 3. The van der Waals surface area contributed by atoms with E-state index in [1.807, 2.05) is 13.8 Å². The number of hydrogen-bond acceptors (Lipinski definition) is 8. The predicted molar refractivity (Wildman–Crippen MR) is 127 cm³/mol. The second kappa shape index (κ2) is 12.5. The first-order valence-corrected chi connectivity index (χ1v) is 11.8. The zero-order chi connectivity index (χ0) is 25.4. The number of amides is 2. The number of aryl methyl sites for hydroxylation is 1. The van der Waals surface area contributed by atoms with Crippen molar-refractivity contribution >= 4 is 12.0 Å². The molecule has 0 saturated carbocycles. The Morgan fingerprint density at radius 3 is 2.71 bits per heavy atom. The fourth-order valence-corrected chi connectivity index (χ4v) is 3.91. The molecule has 2 heterocycles. The van der Waals surface area contributed by atoms with Crippen molar-refractivity contribution in [1.82, 2.24) is 24.8 Å². The Labute approximate surface area is 205 Å². The summed E-state index contributed by atoms with van der Waals surface area (Å²) >= 11 is 0. The van der Waals surface area contributed by atoms with Gasteiger partial charge in [-0.15, -0.1) is 5.10 Å². The zero-order valence-corrected chi connectivity index (χ0v) is 20.8. The molecule has 0 aliphatic carbocycles. The number of carbonyl (C=O) groups is 2. The van der Waals surface area contributed by atoms with Crippen LogP contribution in [-0.2, 0) is 22.7 Å².